The summed E-state index contributed by atoms with van der Waals surface area (Å²) in [4.78, 5) is 11.9. The molecule has 0 aliphatic carbocycles. The van der Waals surface area contributed by atoms with E-state index in [0.29, 0.717) is 10.2 Å². The van der Waals surface area contributed by atoms with Gasteiger partial charge in [0.15, 0.2) is 0 Å². The number of halogens is 2. The van der Waals surface area contributed by atoms with E-state index in [1.165, 1.54) is 6.07 Å². The van der Waals surface area contributed by atoms with Gasteiger partial charge in [-0.05, 0) is 46.3 Å². The third-order valence-corrected chi connectivity index (χ3v) is 6.51. The average molecular weight is 443 g/mol. The highest BCUT2D eigenvalue weighted by Crippen LogP contribution is 2.24. The Morgan fingerprint density at radius 3 is 2.54 bits per heavy atom. The summed E-state index contributed by atoms with van der Waals surface area (Å²) in [6.07, 6.45) is 0. The van der Waals surface area contributed by atoms with Crippen LogP contribution in [0.2, 0.25) is 0 Å². The molecular formula is C17H16BrFN2O4S. The van der Waals surface area contributed by atoms with Crippen LogP contribution in [-0.4, -0.2) is 44.9 Å². The van der Waals surface area contributed by atoms with Crippen LogP contribution in [-0.2, 0) is 14.8 Å². The number of carbonyl (C=O) groups is 1. The van der Waals surface area contributed by atoms with Crippen molar-refractivity contribution >= 4 is 37.5 Å². The lowest BCUT2D eigenvalue weighted by atomic mass is 10.2. The molecule has 0 radical (unpaired) electrons. The van der Waals surface area contributed by atoms with Crippen molar-refractivity contribution in [3.63, 3.8) is 0 Å². The first-order valence-electron chi connectivity index (χ1n) is 7.83. The van der Waals surface area contributed by atoms with Gasteiger partial charge in [-0.2, -0.15) is 4.31 Å². The van der Waals surface area contributed by atoms with Crippen LogP contribution in [0.25, 0.3) is 0 Å². The van der Waals surface area contributed by atoms with Gasteiger partial charge in [0.2, 0.25) is 10.0 Å². The summed E-state index contributed by atoms with van der Waals surface area (Å²) in [5.41, 5.74) is 0.577. The van der Waals surface area contributed by atoms with E-state index in [1.807, 2.05) is 0 Å². The van der Waals surface area contributed by atoms with Crippen LogP contribution in [0.4, 0.5) is 10.1 Å². The minimum Gasteiger partial charge on any atom is -0.379 e. The summed E-state index contributed by atoms with van der Waals surface area (Å²) in [5, 5.41) is 2.67. The number of carbonyl (C=O) groups excluding carboxylic acids is 1. The lowest BCUT2D eigenvalue weighted by Crippen LogP contribution is -2.41. The third-order valence-electron chi connectivity index (χ3n) is 3.90. The molecular weight excluding hydrogens is 427 g/mol. The lowest BCUT2D eigenvalue weighted by Gasteiger charge is -2.26. The van der Waals surface area contributed by atoms with Gasteiger partial charge < -0.3 is 10.1 Å². The number of morpholine rings is 1. The Labute approximate surface area is 159 Å². The third kappa shape index (κ3) is 3.96. The van der Waals surface area contributed by atoms with Crippen LogP contribution in [0.15, 0.2) is 51.8 Å². The Morgan fingerprint density at radius 1 is 1.15 bits per heavy atom. The number of anilines is 1. The summed E-state index contributed by atoms with van der Waals surface area (Å²) >= 11 is 3.32. The number of rotatable bonds is 4. The first-order chi connectivity index (χ1) is 12.4. The van der Waals surface area contributed by atoms with E-state index in [4.69, 9.17) is 4.74 Å². The zero-order valence-corrected chi connectivity index (χ0v) is 16.0. The molecule has 3 rings (SSSR count). The Bertz CT molecular complexity index is 930. The number of para-hydroxylation sites is 1. The van der Waals surface area contributed by atoms with Gasteiger partial charge in [0.1, 0.15) is 10.7 Å². The van der Waals surface area contributed by atoms with Gasteiger partial charge in [0.25, 0.3) is 5.91 Å². The average Bonchev–Trinajstić information content (AvgIpc) is 2.64. The molecule has 26 heavy (non-hydrogen) atoms. The molecule has 1 aliphatic rings. The fourth-order valence-corrected chi connectivity index (χ4v) is 4.41. The van der Waals surface area contributed by atoms with E-state index >= 15 is 0 Å². The molecule has 0 saturated carbocycles. The molecule has 138 valence electrons. The van der Waals surface area contributed by atoms with Crippen LogP contribution in [0.3, 0.4) is 0 Å². The summed E-state index contributed by atoms with van der Waals surface area (Å²) in [5.74, 6) is -1.43. The maximum absolute atomic E-state index is 14.2. The number of benzene rings is 2. The first kappa shape index (κ1) is 19.0. The molecule has 9 heteroatoms. The fraction of sp³-hybridized carbons (Fsp3) is 0.235. The molecule has 2 aromatic carbocycles. The molecule has 1 N–H and O–H groups in total. The maximum Gasteiger partial charge on any atom is 0.255 e. The van der Waals surface area contributed by atoms with Crippen LogP contribution in [0.5, 0.6) is 0 Å². The Kier molecular flexibility index (Phi) is 5.71. The fourth-order valence-electron chi connectivity index (χ4n) is 2.53. The van der Waals surface area contributed by atoms with E-state index < -0.39 is 26.6 Å². The standard InChI is InChI=1S/C17H16BrFN2O4S/c18-13-3-1-2-4-15(13)20-17(22)12-5-6-14(19)16(11-12)26(23,24)21-7-9-25-10-8-21/h1-6,11H,7-10H2,(H,20,22). The lowest BCUT2D eigenvalue weighted by molar-refractivity contribution is 0.0729. The smallest absolute Gasteiger partial charge is 0.255 e. The van der Waals surface area contributed by atoms with Crippen molar-refractivity contribution in [3.05, 3.63) is 58.3 Å². The Balaban J connectivity index is 1.90. The quantitative estimate of drug-likeness (QED) is 0.789. The van der Waals surface area contributed by atoms with Gasteiger partial charge in [-0.3, -0.25) is 4.79 Å². The summed E-state index contributed by atoms with van der Waals surface area (Å²) in [7, 11) is -4.04. The monoisotopic (exact) mass is 442 g/mol. The van der Waals surface area contributed by atoms with E-state index in [1.54, 1.807) is 24.3 Å². The topological polar surface area (TPSA) is 75.7 Å². The van der Waals surface area contributed by atoms with Crippen LogP contribution < -0.4 is 5.32 Å². The molecule has 1 amide bonds. The first-order valence-corrected chi connectivity index (χ1v) is 10.1. The van der Waals surface area contributed by atoms with Gasteiger partial charge >= 0.3 is 0 Å². The molecule has 0 aromatic heterocycles. The van der Waals surface area contributed by atoms with E-state index in [0.717, 1.165) is 16.4 Å². The number of hydrogen-bond acceptors (Lipinski definition) is 4. The number of sulfonamides is 1. The molecule has 1 saturated heterocycles. The highest BCUT2D eigenvalue weighted by atomic mass is 79.9. The van der Waals surface area contributed by atoms with Crippen molar-refractivity contribution in [1.82, 2.24) is 4.31 Å². The molecule has 1 heterocycles. The molecule has 0 atom stereocenters. The number of nitrogens with one attached hydrogen (secondary N) is 1. The zero-order valence-electron chi connectivity index (χ0n) is 13.6. The molecule has 0 unspecified atom stereocenters. The highest BCUT2D eigenvalue weighted by Gasteiger charge is 2.29. The van der Waals surface area contributed by atoms with Gasteiger partial charge in [-0.25, -0.2) is 12.8 Å². The Hall–Kier alpha value is -1.81. The van der Waals surface area contributed by atoms with Crippen molar-refractivity contribution in [2.75, 3.05) is 31.6 Å². The predicted octanol–water partition coefficient (Wildman–Crippen LogP) is 2.86. The van der Waals surface area contributed by atoms with Crippen molar-refractivity contribution in [3.8, 4) is 0 Å². The van der Waals surface area contributed by atoms with Crippen molar-refractivity contribution in [2.45, 2.75) is 4.90 Å². The minimum atomic E-state index is -4.04. The summed E-state index contributed by atoms with van der Waals surface area (Å²) in [6, 6.07) is 10.3. The molecule has 1 fully saturated rings. The molecule has 0 bridgehead atoms. The van der Waals surface area contributed by atoms with Crippen molar-refractivity contribution in [1.29, 1.82) is 0 Å². The van der Waals surface area contributed by atoms with Gasteiger partial charge in [-0.1, -0.05) is 12.1 Å². The van der Waals surface area contributed by atoms with Crippen molar-refractivity contribution < 1.29 is 22.3 Å². The van der Waals surface area contributed by atoms with Crippen LogP contribution >= 0.6 is 15.9 Å². The zero-order chi connectivity index (χ0) is 18.7. The second kappa shape index (κ2) is 7.83. The van der Waals surface area contributed by atoms with Crippen molar-refractivity contribution in [2.24, 2.45) is 0 Å². The predicted molar refractivity (Wildman–Crippen MR) is 98.1 cm³/mol. The second-order valence-corrected chi connectivity index (χ2v) is 8.36. The molecule has 0 spiro atoms. The normalized spacial score (nSPS) is 15.6. The van der Waals surface area contributed by atoms with Crippen LogP contribution in [0.1, 0.15) is 10.4 Å². The minimum absolute atomic E-state index is 0.0500. The van der Waals surface area contributed by atoms with Crippen LogP contribution in [0, 0.1) is 5.82 Å². The molecule has 1 aliphatic heterocycles. The number of hydrogen-bond donors (Lipinski definition) is 1. The summed E-state index contributed by atoms with van der Waals surface area (Å²) in [6.45, 7) is 0.802. The Morgan fingerprint density at radius 2 is 1.85 bits per heavy atom. The number of nitrogens with zero attached hydrogens (tertiary/aromatic N) is 1. The van der Waals surface area contributed by atoms with E-state index in [9.17, 15) is 17.6 Å². The molecule has 6 nitrogen and oxygen atoms in total. The largest absolute Gasteiger partial charge is 0.379 e. The van der Waals surface area contributed by atoms with E-state index in [-0.39, 0.29) is 31.9 Å². The number of amides is 1. The SMILES string of the molecule is O=C(Nc1ccccc1Br)c1ccc(F)c(S(=O)(=O)N2CCOCC2)c1. The van der Waals surface area contributed by atoms with Gasteiger partial charge in [0, 0.05) is 23.1 Å². The van der Waals surface area contributed by atoms with Gasteiger partial charge in [-0.15, -0.1) is 0 Å². The molecule has 2 aromatic rings. The highest BCUT2D eigenvalue weighted by molar-refractivity contribution is 9.10. The summed E-state index contributed by atoms with van der Waals surface area (Å²) < 4.78 is 46.5. The van der Waals surface area contributed by atoms with Gasteiger partial charge in [0.05, 0.1) is 18.9 Å². The second-order valence-electron chi connectivity index (χ2n) is 5.60. The van der Waals surface area contributed by atoms with E-state index in [2.05, 4.69) is 21.2 Å². The number of ether oxygens (including phenoxy) is 1. The maximum atomic E-state index is 14.2.